The maximum absolute atomic E-state index is 12.6. The van der Waals surface area contributed by atoms with Crippen molar-refractivity contribution >= 4 is 5.91 Å². The number of fused-ring (bicyclic) bond motifs is 2. The quantitative estimate of drug-likeness (QED) is 0.801. The van der Waals surface area contributed by atoms with E-state index in [1.54, 1.807) is 0 Å². The fraction of sp³-hybridized carbons (Fsp3) is 0.944. The van der Waals surface area contributed by atoms with E-state index in [1.165, 1.54) is 25.7 Å². The van der Waals surface area contributed by atoms with Gasteiger partial charge in [0, 0.05) is 38.6 Å². The van der Waals surface area contributed by atoms with Crippen LogP contribution in [0.5, 0.6) is 0 Å². The summed E-state index contributed by atoms with van der Waals surface area (Å²) in [6, 6.07) is 0.676. The van der Waals surface area contributed by atoms with Gasteiger partial charge in [0.05, 0.1) is 13.2 Å². The van der Waals surface area contributed by atoms with Crippen LogP contribution in [0.15, 0.2) is 0 Å². The van der Waals surface area contributed by atoms with Crippen LogP contribution in [0.4, 0.5) is 0 Å². The van der Waals surface area contributed by atoms with E-state index < -0.39 is 0 Å². The first-order chi connectivity index (χ1) is 10.8. The highest BCUT2D eigenvalue weighted by Crippen LogP contribution is 2.49. The number of nitrogens with zero attached hydrogens (tertiary/aromatic N) is 2. The van der Waals surface area contributed by atoms with E-state index in [4.69, 9.17) is 4.74 Å². The number of hydrogen-bond acceptors (Lipinski definition) is 3. The number of carbonyl (C=O) groups is 1. The lowest BCUT2D eigenvalue weighted by molar-refractivity contribution is -0.134. The molecule has 2 bridgehead atoms. The number of likely N-dealkylation sites (tertiary alicyclic amines) is 1. The number of rotatable bonds is 3. The second-order valence-electron chi connectivity index (χ2n) is 7.90. The van der Waals surface area contributed by atoms with Crippen molar-refractivity contribution in [3.8, 4) is 0 Å². The molecule has 2 aliphatic carbocycles. The summed E-state index contributed by atoms with van der Waals surface area (Å²) < 4.78 is 5.44. The Labute approximate surface area is 134 Å². The molecule has 0 N–H and O–H groups in total. The average Bonchev–Trinajstić information content (AvgIpc) is 3.19. The minimum absolute atomic E-state index is 0.443. The third-order valence-corrected chi connectivity index (χ3v) is 6.70. The number of piperidine rings is 1. The second-order valence-corrected chi connectivity index (χ2v) is 7.90. The lowest BCUT2D eigenvalue weighted by Gasteiger charge is -2.40. The Morgan fingerprint density at radius 1 is 0.955 bits per heavy atom. The molecule has 4 fully saturated rings. The zero-order valence-corrected chi connectivity index (χ0v) is 13.7. The van der Waals surface area contributed by atoms with Crippen molar-refractivity contribution in [2.24, 2.45) is 17.8 Å². The Hall–Kier alpha value is -0.610. The van der Waals surface area contributed by atoms with Gasteiger partial charge in [0.15, 0.2) is 0 Å². The minimum atomic E-state index is 0.443. The number of amides is 1. The first-order valence-corrected chi connectivity index (χ1v) is 9.39. The topological polar surface area (TPSA) is 32.8 Å². The van der Waals surface area contributed by atoms with E-state index in [1.807, 2.05) is 0 Å². The molecule has 0 spiro atoms. The van der Waals surface area contributed by atoms with Crippen LogP contribution in [0, 0.1) is 17.8 Å². The summed E-state index contributed by atoms with van der Waals surface area (Å²) in [4.78, 5) is 17.3. The van der Waals surface area contributed by atoms with Crippen LogP contribution in [0.2, 0.25) is 0 Å². The molecule has 4 heteroatoms. The maximum atomic E-state index is 12.6. The van der Waals surface area contributed by atoms with Gasteiger partial charge in [-0.1, -0.05) is 6.42 Å². The highest BCUT2D eigenvalue weighted by atomic mass is 16.5. The summed E-state index contributed by atoms with van der Waals surface area (Å²) in [5, 5.41) is 0. The molecule has 4 aliphatic rings. The molecule has 1 amide bonds. The van der Waals surface area contributed by atoms with E-state index in [0.29, 0.717) is 17.9 Å². The summed E-state index contributed by atoms with van der Waals surface area (Å²) in [6.07, 6.45) is 8.72. The molecular formula is C18H30N2O2. The lowest BCUT2D eigenvalue weighted by Crippen LogP contribution is -2.50. The first-order valence-electron chi connectivity index (χ1n) is 9.39. The van der Waals surface area contributed by atoms with Gasteiger partial charge in [-0.05, 0) is 49.9 Å². The Balaban J connectivity index is 1.23. The zero-order chi connectivity index (χ0) is 14.9. The predicted octanol–water partition coefficient (Wildman–Crippen LogP) is 2.14. The summed E-state index contributed by atoms with van der Waals surface area (Å²) in [5.74, 6) is 2.98. The highest BCUT2D eigenvalue weighted by molar-refractivity contribution is 5.76. The summed E-state index contributed by atoms with van der Waals surface area (Å²) in [7, 11) is 0. The third-order valence-electron chi connectivity index (χ3n) is 6.70. The van der Waals surface area contributed by atoms with Gasteiger partial charge in [-0.3, -0.25) is 9.69 Å². The van der Waals surface area contributed by atoms with Crippen molar-refractivity contribution in [3.63, 3.8) is 0 Å². The first kappa shape index (κ1) is 14.9. The van der Waals surface area contributed by atoms with Gasteiger partial charge in [0.1, 0.15) is 0 Å². The molecule has 2 heterocycles. The third kappa shape index (κ3) is 3.05. The van der Waals surface area contributed by atoms with Gasteiger partial charge in [0.25, 0.3) is 0 Å². The van der Waals surface area contributed by atoms with E-state index in [0.717, 1.165) is 70.5 Å². The van der Waals surface area contributed by atoms with Crippen LogP contribution in [-0.2, 0) is 9.53 Å². The molecule has 2 saturated carbocycles. The molecule has 2 aliphatic heterocycles. The number of hydrogen-bond donors (Lipinski definition) is 0. The van der Waals surface area contributed by atoms with Crippen molar-refractivity contribution < 1.29 is 9.53 Å². The van der Waals surface area contributed by atoms with Crippen LogP contribution in [0.25, 0.3) is 0 Å². The van der Waals surface area contributed by atoms with Gasteiger partial charge < -0.3 is 9.64 Å². The van der Waals surface area contributed by atoms with Crippen LogP contribution in [0.3, 0.4) is 0 Å². The molecule has 0 aromatic rings. The summed E-state index contributed by atoms with van der Waals surface area (Å²) in [6.45, 7) is 5.85. The number of ether oxygens (including phenoxy) is 1. The van der Waals surface area contributed by atoms with Crippen molar-refractivity contribution in [1.29, 1.82) is 0 Å². The molecule has 2 saturated heterocycles. The molecule has 0 radical (unpaired) electrons. The maximum Gasteiger partial charge on any atom is 0.222 e. The monoisotopic (exact) mass is 306 g/mol. The summed E-state index contributed by atoms with van der Waals surface area (Å²) in [5.41, 5.74) is 0. The van der Waals surface area contributed by atoms with Crippen molar-refractivity contribution in [2.45, 2.75) is 51.0 Å². The van der Waals surface area contributed by atoms with Crippen LogP contribution in [0.1, 0.15) is 44.9 Å². The van der Waals surface area contributed by atoms with Gasteiger partial charge in [-0.25, -0.2) is 0 Å². The molecule has 22 heavy (non-hydrogen) atoms. The molecule has 124 valence electrons. The van der Waals surface area contributed by atoms with E-state index >= 15 is 0 Å². The van der Waals surface area contributed by atoms with Crippen molar-refractivity contribution in [1.82, 2.24) is 9.80 Å². The molecule has 3 atom stereocenters. The Morgan fingerprint density at radius 3 is 2.36 bits per heavy atom. The molecule has 3 unspecified atom stereocenters. The molecule has 4 nitrogen and oxygen atoms in total. The van der Waals surface area contributed by atoms with E-state index in [9.17, 15) is 4.79 Å². The van der Waals surface area contributed by atoms with Crippen LogP contribution in [-0.4, -0.2) is 61.1 Å². The SMILES string of the molecule is O=C(CC1CC2CCC1C2)N1CCC(N2CCOCC2)CC1. The van der Waals surface area contributed by atoms with Gasteiger partial charge in [-0.2, -0.15) is 0 Å². The van der Waals surface area contributed by atoms with Gasteiger partial charge in [0.2, 0.25) is 5.91 Å². The Morgan fingerprint density at radius 2 is 1.73 bits per heavy atom. The van der Waals surface area contributed by atoms with E-state index in [-0.39, 0.29) is 0 Å². The fourth-order valence-electron chi connectivity index (χ4n) is 5.40. The molecule has 0 aromatic heterocycles. The van der Waals surface area contributed by atoms with Gasteiger partial charge >= 0.3 is 0 Å². The standard InChI is InChI=1S/C18H30N2O2/c21-18(13-16-12-14-1-2-15(16)11-14)20-5-3-17(4-6-20)19-7-9-22-10-8-19/h14-17H,1-13H2. The van der Waals surface area contributed by atoms with Gasteiger partial charge in [-0.15, -0.1) is 0 Å². The average molecular weight is 306 g/mol. The fourth-order valence-corrected chi connectivity index (χ4v) is 5.40. The Bertz CT molecular complexity index is 400. The number of morpholine rings is 1. The molecular weight excluding hydrogens is 276 g/mol. The van der Waals surface area contributed by atoms with Crippen molar-refractivity contribution in [2.75, 3.05) is 39.4 Å². The van der Waals surface area contributed by atoms with Crippen LogP contribution >= 0.6 is 0 Å². The second kappa shape index (κ2) is 6.48. The highest BCUT2D eigenvalue weighted by Gasteiger charge is 2.41. The molecule has 0 aromatic carbocycles. The predicted molar refractivity (Wildman–Crippen MR) is 85.5 cm³/mol. The molecule has 4 rings (SSSR count). The van der Waals surface area contributed by atoms with E-state index in [2.05, 4.69) is 9.80 Å². The zero-order valence-electron chi connectivity index (χ0n) is 13.7. The van der Waals surface area contributed by atoms with Crippen LogP contribution < -0.4 is 0 Å². The number of carbonyl (C=O) groups excluding carboxylic acids is 1. The Kier molecular flexibility index (Phi) is 4.40. The summed E-state index contributed by atoms with van der Waals surface area (Å²) >= 11 is 0. The normalized spacial score (nSPS) is 36.9. The largest absolute Gasteiger partial charge is 0.379 e. The smallest absolute Gasteiger partial charge is 0.222 e. The lowest BCUT2D eigenvalue weighted by atomic mass is 9.86. The van der Waals surface area contributed by atoms with Crippen molar-refractivity contribution in [3.05, 3.63) is 0 Å². The minimum Gasteiger partial charge on any atom is -0.379 e.